The van der Waals surface area contributed by atoms with Gasteiger partial charge in [0.25, 0.3) is 0 Å². The van der Waals surface area contributed by atoms with Crippen molar-refractivity contribution in [1.82, 2.24) is 19.2 Å². The first-order valence-corrected chi connectivity index (χ1v) is 13.0. The lowest BCUT2D eigenvalue weighted by Gasteiger charge is -2.31. The molecule has 0 radical (unpaired) electrons. The summed E-state index contributed by atoms with van der Waals surface area (Å²) < 4.78 is 4.14. The van der Waals surface area contributed by atoms with Crippen LogP contribution < -0.4 is 5.32 Å². The molecule has 0 aliphatic carbocycles. The van der Waals surface area contributed by atoms with Crippen molar-refractivity contribution in [3.05, 3.63) is 130 Å². The number of halogens is 1. The van der Waals surface area contributed by atoms with Crippen LogP contribution in [-0.4, -0.2) is 25.3 Å². The number of urea groups is 1. The molecule has 0 saturated carbocycles. The number of aryl methyl sites for hydroxylation is 3. The highest BCUT2D eigenvalue weighted by Crippen LogP contribution is 2.39. The van der Waals surface area contributed by atoms with Crippen molar-refractivity contribution in [3.8, 4) is 11.5 Å². The number of amides is 2. The average Bonchev–Trinajstić information content (AvgIpc) is 3.46. The molecule has 5 aromatic rings. The molecule has 0 fully saturated rings. The van der Waals surface area contributed by atoms with Crippen molar-refractivity contribution in [1.29, 1.82) is 0 Å². The molecule has 1 aliphatic rings. The molecule has 38 heavy (non-hydrogen) atoms. The highest BCUT2D eigenvalue weighted by molar-refractivity contribution is 6.33. The second kappa shape index (κ2) is 9.54. The van der Waals surface area contributed by atoms with Crippen LogP contribution in [0.15, 0.2) is 91.1 Å². The van der Waals surface area contributed by atoms with E-state index < -0.39 is 0 Å². The topological polar surface area (TPSA) is 55.1 Å². The van der Waals surface area contributed by atoms with Crippen molar-refractivity contribution in [3.63, 3.8) is 0 Å². The highest BCUT2D eigenvalue weighted by atomic mass is 35.5. The van der Waals surface area contributed by atoms with Crippen molar-refractivity contribution < 1.29 is 4.79 Å². The second-order valence-corrected chi connectivity index (χ2v) is 10.2. The number of benzene rings is 3. The van der Waals surface area contributed by atoms with Gasteiger partial charge in [0.05, 0.1) is 40.4 Å². The number of hydrogen-bond acceptors (Lipinski definition) is 2. The Labute approximate surface area is 227 Å². The van der Waals surface area contributed by atoms with Gasteiger partial charge in [-0.15, -0.1) is 0 Å². The quantitative estimate of drug-likeness (QED) is 0.269. The van der Waals surface area contributed by atoms with Gasteiger partial charge in [-0.3, -0.25) is 0 Å². The molecule has 0 spiro atoms. The van der Waals surface area contributed by atoms with Crippen molar-refractivity contribution in [2.24, 2.45) is 0 Å². The van der Waals surface area contributed by atoms with Gasteiger partial charge in [0.1, 0.15) is 5.82 Å². The Morgan fingerprint density at radius 3 is 2.47 bits per heavy atom. The molecule has 1 N–H and O–H groups in total. The van der Waals surface area contributed by atoms with Crippen LogP contribution in [0.4, 0.5) is 10.5 Å². The smallest absolute Gasteiger partial charge is 0.307 e. The lowest BCUT2D eigenvalue weighted by Crippen LogP contribution is -2.38. The van der Waals surface area contributed by atoms with E-state index in [0.29, 0.717) is 17.3 Å². The number of fused-ring (bicyclic) bond motifs is 3. The number of hydrogen-bond donors (Lipinski definition) is 1. The van der Waals surface area contributed by atoms with Crippen LogP contribution >= 0.6 is 11.6 Å². The highest BCUT2D eigenvalue weighted by Gasteiger charge is 2.36. The van der Waals surface area contributed by atoms with Crippen LogP contribution in [0.1, 0.15) is 39.7 Å². The summed E-state index contributed by atoms with van der Waals surface area (Å²) in [5.74, 6) is 0.940. The van der Waals surface area contributed by atoms with Gasteiger partial charge in [0, 0.05) is 11.8 Å². The number of para-hydroxylation sites is 1. The van der Waals surface area contributed by atoms with E-state index in [9.17, 15) is 4.79 Å². The fourth-order valence-corrected chi connectivity index (χ4v) is 5.53. The molecule has 0 saturated heterocycles. The molecule has 1 atom stereocenters. The zero-order chi connectivity index (χ0) is 26.4. The van der Waals surface area contributed by atoms with E-state index in [4.69, 9.17) is 16.7 Å². The summed E-state index contributed by atoms with van der Waals surface area (Å²) in [5.41, 5.74) is 7.61. The maximum Gasteiger partial charge on any atom is 0.323 e. The Morgan fingerprint density at radius 1 is 0.921 bits per heavy atom. The van der Waals surface area contributed by atoms with Gasteiger partial charge in [0.15, 0.2) is 0 Å². The van der Waals surface area contributed by atoms with Crippen LogP contribution in [0.2, 0.25) is 5.02 Å². The summed E-state index contributed by atoms with van der Waals surface area (Å²) in [6.07, 6.45) is 2.05. The standard InChI is InChI=1S/C31H28ClN5O/c1-20-9-7-10-23(17-20)29-28-13-8-16-35(28)30-25(22(3)34-37(30)24-11-5-4-6-12-24)19-36(29)31(38)33-27-15-14-21(2)18-26(27)32/h4-18,29H,19H2,1-3H3,(H,33,38)/t29-/m0/s1. The maximum absolute atomic E-state index is 14.1. The van der Waals surface area contributed by atoms with Crippen LogP contribution in [0.5, 0.6) is 0 Å². The summed E-state index contributed by atoms with van der Waals surface area (Å²) in [6, 6.07) is 27.6. The zero-order valence-corrected chi connectivity index (χ0v) is 22.3. The monoisotopic (exact) mass is 521 g/mol. The van der Waals surface area contributed by atoms with Gasteiger partial charge < -0.3 is 14.8 Å². The van der Waals surface area contributed by atoms with E-state index >= 15 is 0 Å². The predicted molar refractivity (Wildman–Crippen MR) is 151 cm³/mol. The van der Waals surface area contributed by atoms with Gasteiger partial charge in [0.2, 0.25) is 0 Å². The van der Waals surface area contributed by atoms with Gasteiger partial charge in [-0.25, -0.2) is 9.48 Å². The second-order valence-electron chi connectivity index (χ2n) is 9.80. The lowest BCUT2D eigenvalue weighted by molar-refractivity contribution is 0.194. The third kappa shape index (κ3) is 4.17. The van der Waals surface area contributed by atoms with E-state index in [1.165, 1.54) is 0 Å². The van der Waals surface area contributed by atoms with E-state index in [1.807, 2.05) is 84.1 Å². The fraction of sp³-hybridized carbons (Fsp3) is 0.161. The van der Waals surface area contributed by atoms with Crippen LogP contribution in [0.25, 0.3) is 11.5 Å². The number of rotatable bonds is 3. The Hall–Kier alpha value is -4.29. The molecular formula is C31H28ClN5O. The van der Waals surface area contributed by atoms with E-state index in [0.717, 1.165) is 45.1 Å². The SMILES string of the molecule is Cc1cccc([C@H]2c3cccn3-c3c(c(C)nn3-c3ccccc3)CN2C(=O)Nc2ccc(C)cc2Cl)c1. The first-order chi connectivity index (χ1) is 18.4. The molecule has 7 heteroatoms. The van der Waals surface area contributed by atoms with Gasteiger partial charge in [-0.2, -0.15) is 5.10 Å². The molecule has 6 rings (SSSR count). The Bertz CT molecular complexity index is 1650. The van der Waals surface area contributed by atoms with Crippen molar-refractivity contribution >= 4 is 23.3 Å². The Morgan fingerprint density at radius 2 is 1.71 bits per heavy atom. The Balaban J connectivity index is 1.54. The minimum Gasteiger partial charge on any atom is -0.307 e. The van der Waals surface area contributed by atoms with Crippen molar-refractivity contribution in [2.75, 3.05) is 5.32 Å². The first-order valence-electron chi connectivity index (χ1n) is 12.6. The summed E-state index contributed by atoms with van der Waals surface area (Å²) >= 11 is 6.51. The van der Waals surface area contributed by atoms with E-state index in [1.54, 1.807) is 0 Å². The number of anilines is 1. The summed E-state index contributed by atoms with van der Waals surface area (Å²) in [6.45, 7) is 6.43. The molecule has 190 valence electrons. The van der Waals surface area contributed by atoms with E-state index in [2.05, 4.69) is 47.3 Å². The van der Waals surface area contributed by atoms with Crippen LogP contribution in [0, 0.1) is 20.8 Å². The molecule has 3 aromatic carbocycles. The zero-order valence-electron chi connectivity index (χ0n) is 21.5. The molecule has 6 nitrogen and oxygen atoms in total. The molecule has 2 amide bonds. The normalized spacial score (nSPS) is 14.5. The van der Waals surface area contributed by atoms with Crippen molar-refractivity contribution in [2.45, 2.75) is 33.4 Å². The lowest BCUT2D eigenvalue weighted by atomic mass is 10.00. The van der Waals surface area contributed by atoms with Gasteiger partial charge in [-0.05, 0) is 68.3 Å². The molecule has 3 heterocycles. The number of carbonyl (C=O) groups excluding carboxylic acids is 1. The van der Waals surface area contributed by atoms with Crippen LogP contribution in [0.3, 0.4) is 0 Å². The summed E-state index contributed by atoms with van der Waals surface area (Å²) in [4.78, 5) is 16.0. The largest absolute Gasteiger partial charge is 0.323 e. The third-order valence-electron chi connectivity index (χ3n) is 7.07. The minimum absolute atomic E-state index is 0.227. The Kier molecular flexibility index (Phi) is 6.04. The predicted octanol–water partition coefficient (Wildman–Crippen LogP) is 7.38. The first kappa shape index (κ1) is 24.1. The third-order valence-corrected chi connectivity index (χ3v) is 7.38. The summed E-state index contributed by atoms with van der Waals surface area (Å²) in [5, 5.41) is 8.50. The molecule has 0 unspecified atom stereocenters. The number of nitrogens with one attached hydrogen (secondary N) is 1. The van der Waals surface area contributed by atoms with E-state index in [-0.39, 0.29) is 12.1 Å². The average molecular weight is 522 g/mol. The molecule has 1 aliphatic heterocycles. The minimum atomic E-state index is -0.329. The summed E-state index contributed by atoms with van der Waals surface area (Å²) in [7, 11) is 0. The number of nitrogens with zero attached hydrogens (tertiary/aromatic N) is 4. The molecule has 0 bridgehead atoms. The van der Waals surface area contributed by atoms with Gasteiger partial charge in [-0.1, -0.05) is 65.7 Å². The maximum atomic E-state index is 14.1. The van der Waals surface area contributed by atoms with Gasteiger partial charge >= 0.3 is 6.03 Å². The number of carbonyl (C=O) groups is 1. The number of aromatic nitrogens is 3. The molecule has 2 aromatic heterocycles. The fourth-order valence-electron chi connectivity index (χ4n) is 5.25. The van der Waals surface area contributed by atoms with Crippen LogP contribution in [-0.2, 0) is 6.54 Å². The molecular weight excluding hydrogens is 494 g/mol.